The number of carbonyl (C=O) groups is 2. The minimum Gasteiger partial charge on any atom is -0.466 e. The molecule has 0 saturated carbocycles. The highest BCUT2D eigenvalue weighted by Gasteiger charge is 2.23. The normalized spacial score (nSPS) is 11.9. The molecule has 152 valence electrons. The van der Waals surface area contributed by atoms with Crippen LogP contribution in [0, 0.1) is 0 Å². The number of para-hydroxylation sites is 1. The van der Waals surface area contributed by atoms with E-state index in [1.165, 1.54) is 11.3 Å². The summed E-state index contributed by atoms with van der Waals surface area (Å²) in [5, 5.41) is 0. The summed E-state index contributed by atoms with van der Waals surface area (Å²) >= 11 is 7.47. The summed E-state index contributed by atoms with van der Waals surface area (Å²) in [4.78, 5) is 28.5. The molecule has 0 radical (unpaired) electrons. The van der Waals surface area contributed by atoms with Gasteiger partial charge in [-0.05, 0) is 49.9 Å². The summed E-state index contributed by atoms with van der Waals surface area (Å²) < 4.78 is 5.12. The zero-order chi connectivity index (χ0) is 20.7. The van der Waals surface area contributed by atoms with Gasteiger partial charge in [0.2, 0.25) is 5.91 Å². The lowest BCUT2D eigenvalue weighted by atomic mass is 10.0. The molecule has 1 aromatic heterocycles. The van der Waals surface area contributed by atoms with Crippen LogP contribution in [-0.2, 0) is 33.7 Å². The summed E-state index contributed by atoms with van der Waals surface area (Å²) in [6.07, 6.45) is 1.68. The van der Waals surface area contributed by atoms with Crippen LogP contribution in [0.2, 0.25) is 0 Å². The van der Waals surface area contributed by atoms with Gasteiger partial charge >= 0.3 is 5.97 Å². The minimum atomic E-state index is -0.315. The lowest BCUT2D eigenvalue weighted by molar-refractivity contribution is -0.144. The Balaban J connectivity index is 2.35. The van der Waals surface area contributed by atoms with Crippen LogP contribution >= 0.6 is 22.9 Å². The van der Waals surface area contributed by atoms with Gasteiger partial charge in [-0.15, -0.1) is 22.9 Å². The predicted octanol–water partition coefficient (Wildman–Crippen LogP) is 5.31. The quantitative estimate of drug-likeness (QED) is 0.407. The summed E-state index contributed by atoms with van der Waals surface area (Å²) in [6, 6.07) is 10.1. The first-order valence-corrected chi connectivity index (χ1v) is 11.0. The number of amides is 1. The fourth-order valence-corrected chi connectivity index (χ4v) is 4.36. The Bertz CT molecular complexity index is 796. The third-order valence-corrected chi connectivity index (χ3v) is 6.19. The molecule has 1 amide bonds. The van der Waals surface area contributed by atoms with E-state index in [0.717, 1.165) is 39.4 Å². The van der Waals surface area contributed by atoms with E-state index in [0.29, 0.717) is 13.2 Å². The number of nitrogens with zero attached hydrogens (tertiary/aromatic N) is 1. The third-order valence-electron chi connectivity index (χ3n) is 4.71. The predicted molar refractivity (Wildman–Crippen MR) is 116 cm³/mol. The Labute approximate surface area is 176 Å². The highest BCUT2D eigenvalue weighted by atomic mass is 35.5. The Morgan fingerprint density at radius 2 is 1.75 bits per heavy atom. The SMILES string of the molecule is CCOC(=O)C(C)c1ccc(CN(C(=O)CCl)c2c(CC)cccc2CC)s1. The summed E-state index contributed by atoms with van der Waals surface area (Å²) in [5.74, 6) is -0.733. The van der Waals surface area contributed by atoms with Crippen LogP contribution in [0.5, 0.6) is 0 Å². The number of aryl methyl sites for hydroxylation is 2. The molecule has 6 heteroatoms. The Morgan fingerprint density at radius 3 is 2.29 bits per heavy atom. The van der Waals surface area contributed by atoms with Crippen molar-refractivity contribution >= 4 is 40.5 Å². The molecule has 4 nitrogen and oxygen atoms in total. The number of ether oxygens (including phenoxy) is 1. The number of alkyl halides is 1. The second-order valence-corrected chi connectivity index (χ2v) is 7.99. The van der Waals surface area contributed by atoms with Gasteiger partial charge < -0.3 is 9.64 Å². The van der Waals surface area contributed by atoms with Crippen molar-refractivity contribution in [1.29, 1.82) is 0 Å². The van der Waals surface area contributed by atoms with Crippen molar-refractivity contribution in [3.05, 3.63) is 51.2 Å². The molecule has 0 N–H and O–H groups in total. The number of halogens is 1. The van der Waals surface area contributed by atoms with Crippen LogP contribution in [0.25, 0.3) is 0 Å². The van der Waals surface area contributed by atoms with Crippen LogP contribution < -0.4 is 4.90 Å². The van der Waals surface area contributed by atoms with E-state index in [2.05, 4.69) is 26.0 Å². The molecular weight excluding hydrogens is 394 g/mol. The van der Waals surface area contributed by atoms with Gasteiger partial charge in [-0.2, -0.15) is 0 Å². The Morgan fingerprint density at radius 1 is 1.11 bits per heavy atom. The average Bonchev–Trinajstić information content (AvgIpc) is 3.19. The summed E-state index contributed by atoms with van der Waals surface area (Å²) in [5.41, 5.74) is 3.23. The number of rotatable bonds is 9. The van der Waals surface area contributed by atoms with E-state index in [-0.39, 0.29) is 23.7 Å². The molecular formula is C22H28ClNO3S. The van der Waals surface area contributed by atoms with Crippen LogP contribution in [0.15, 0.2) is 30.3 Å². The molecule has 28 heavy (non-hydrogen) atoms. The van der Waals surface area contributed by atoms with Gasteiger partial charge in [-0.1, -0.05) is 32.0 Å². The van der Waals surface area contributed by atoms with Gasteiger partial charge in [-0.3, -0.25) is 9.59 Å². The summed E-state index contributed by atoms with van der Waals surface area (Å²) in [7, 11) is 0. The van der Waals surface area contributed by atoms with Crippen LogP contribution in [-0.4, -0.2) is 24.4 Å². The molecule has 0 spiro atoms. The molecule has 0 aliphatic carbocycles. The molecule has 1 atom stereocenters. The third kappa shape index (κ3) is 5.15. The standard InChI is InChI=1S/C22H28ClNO3S/c1-5-16-9-8-10-17(6-2)21(16)24(20(25)13-23)14-18-11-12-19(28-18)15(4)22(26)27-7-3/h8-12,15H,5-7,13-14H2,1-4H3. The molecule has 0 aliphatic heterocycles. The maximum Gasteiger partial charge on any atom is 0.313 e. The molecule has 0 fully saturated rings. The van der Waals surface area contributed by atoms with E-state index in [1.54, 1.807) is 11.8 Å². The first kappa shape index (κ1) is 22.4. The van der Waals surface area contributed by atoms with E-state index >= 15 is 0 Å². The number of benzene rings is 1. The maximum atomic E-state index is 12.7. The van der Waals surface area contributed by atoms with Gasteiger partial charge in [0.25, 0.3) is 0 Å². The van der Waals surface area contributed by atoms with Crippen LogP contribution in [0.3, 0.4) is 0 Å². The fourth-order valence-electron chi connectivity index (χ4n) is 3.18. The maximum absolute atomic E-state index is 12.7. The molecule has 2 aromatic rings. The lowest BCUT2D eigenvalue weighted by Crippen LogP contribution is -2.32. The zero-order valence-corrected chi connectivity index (χ0v) is 18.5. The number of anilines is 1. The molecule has 0 bridgehead atoms. The topological polar surface area (TPSA) is 46.6 Å². The zero-order valence-electron chi connectivity index (χ0n) is 17.0. The molecule has 0 aliphatic rings. The molecule has 1 aromatic carbocycles. The Hall–Kier alpha value is -1.85. The van der Waals surface area contributed by atoms with E-state index in [1.807, 2.05) is 25.1 Å². The highest BCUT2D eigenvalue weighted by molar-refractivity contribution is 7.12. The largest absolute Gasteiger partial charge is 0.466 e. The summed E-state index contributed by atoms with van der Waals surface area (Å²) in [6.45, 7) is 8.63. The van der Waals surface area contributed by atoms with Crippen LogP contribution in [0.4, 0.5) is 5.69 Å². The van der Waals surface area contributed by atoms with Gasteiger partial charge in [0.15, 0.2) is 0 Å². The first-order chi connectivity index (χ1) is 13.5. The monoisotopic (exact) mass is 421 g/mol. The minimum absolute atomic E-state index is 0.0708. The van der Waals surface area contributed by atoms with E-state index < -0.39 is 0 Å². The van der Waals surface area contributed by atoms with E-state index in [4.69, 9.17) is 16.3 Å². The molecule has 0 saturated heterocycles. The van der Waals surface area contributed by atoms with Gasteiger partial charge in [0.05, 0.1) is 24.8 Å². The molecule has 1 unspecified atom stereocenters. The van der Waals surface area contributed by atoms with Crippen LogP contribution in [0.1, 0.15) is 54.5 Å². The second kappa shape index (κ2) is 10.6. The number of hydrogen-bond acceptors (Lipinski definition) is 4. The second-order valence-electron chi connectivity index (χ2n) is 6.52. The van der Waals surface area contributed by atoms with Crippen molar-refractivity contribution in [3.63, 3.8) is 0 Å². The average molecular weight is 422 g/mol. The lowest BCUT2D eigenvalue weighted by Gasteiger charge is -2.26. The van der Waals surface area contributed by atoms with Gasteiger partial charge in [0.1, 0.15) is 5.88 Å². The van der Waals surface area contributed by atoms with Gasteiger partial charge in [0, 0.05) is 9.75 Å². The van der Waals surface area contributed by atoms with Gasteiger partial charge in [-0.25, -0.2) is 0 Å². The molecule has 2 rings (SSSR count). The number of thiophene rings is 1. The van der Waals surface area contributed by atoms with Crippen molar-refractivity contribution in [2.45, 2.75) is 53.0 Å². The smallest absolute Gasteiger partial charge is 0.313 e. The fraction of sp³-hybridized carbons (Fsp3) is 0.455. The first-order valence-electron chi connectivity index (χ1n) is 9.68. The number of esters is 1. The van der Waals surface area contributed by atoms with Crippen molar-refractivity contribution in [2.75, 3.05) is 17.4 Å². The number of hydrogen-bond donors (Lipinski definition) is 0. The van der Waals surface area contributed by atoms with Crippen molar-refractivity contribution < 1.29 is 14.3 Å². The Kier molecular flexibility index (Phi) is 8.52. The highest BCUT2D eigenvalue weighted by Crippen LogP contribution is 2.32. The van der Waals surface area contributed by atoms with Crippen molar-refractivity contribution in [2.24, 2.45) is 0 Å². The number of carbonyl (C=O) groups excluding carboxylic acids is 2. The van der Waals surface area contributed by atoms with Crippen molar-refractivity contribution in [1.82, 2.24) is 0 Å². The van der Waals surface area contributed by atoms with Crippen molar-refractivity contribution in [3.8, 4) is 0 Å². The molecule has 1 heterocycles. The van der Waals surface area contributed by atoms with E-state index in [9.17, 15) is 9.59 Å².